The Hall–Kier alpha value is 0.130. The van der Waals surface area contributed by atoms with Crippen LogP contribution in [0.5, 0.6) is 0 Å². The van der Waals surface area contributed by atoms with Crippen LogP contribution in [0.25, 0.3) is 0 Å². The minimum absolute atomic E-state index is 0.312. The van der Waals surface area contributed by atoms with Crippen molar-refractivity contribution in [3.05, 3.63) is 19.2 Å². The van der Waals surface area contributed by atoms with E-state index in [-0.39, 0.29) is 5.97 Å². The lowest BCUT2D eigenvalue weighted by molar-refractivity contribution is 0.0605. The van der Waals surface area contributed by atoms with Crippen LogP contribution < -0.4 is 0 Å². The highest BCUT2D eigenvalue weighted by Gasteiger charge is 2.13. The fourth-order valence-corrected chi connectivity index (χ4v) is 3.07. The van der Waals surface area contributed by atoms with Gasteiger partial charge in [-0.2, -0.15) is 0 Å². The Balaban J connectivity index is 0.000000671. The Morgan fingerprint density at radius 2 is 2.00 bits per heavy atom. The molecule has 2 nitrogen and oxygen atoms in total. The highest BCUT2D eigenvalue weighted by molar-refractivity contribution is 9.11. The Bertz CT molecular complexity index is 284. The maximum atomic E-state index is 11.0. The number of esters is 1. The summed E-state index contributed by atoms with van der Waals surface area (Å²) < 4.78 is 6.22. The normalized spacial score (nSPS) is 8.69. The van der Waals surface area contributed by atoms with Gasteiger partial charge in [-0.3, -0.25) is 0 Å². The third-order valence-corrected chi connectivity index (χ3v) is 3.53. The molecule has 1 rings (SSSR count). The van der Waals surface area contributed by atoms with Crippen molar-refractivity contribution < 1.29 is 9.53 Å². The quantitative estimate of drug-likeness (QED) is 0.725. The van der Waals surface area contributed by atoms with E-state index in [9.17, 15) is 4.79 Å². The van der Waals surface area contributed by atoms with Crippen molar-refractivity contribution in [2.24, 2.45) is 0 Å². The van der Waals surface area contributed by atoms with Crippen molar-refractivity contribution in [3.63, 3.8) is 0 Å². The number of ether oxygens (including phenoxy) is 1. The number of hydrogen-bond acceptors (Lipinski definition) is 3. The molecule has 0 aliphatic rings. The van der Waals surface area contributed by atoms with Gasteiger partial charge in [-0.05, 0) is 37.9 Å². The molecule has 0 amide bonds. The van der Waals surface area contributed by atoms with E-state index in [2.05, 4.69) is 36.6 Å². The molecule has 5 heteroatoms. The summed E-state index contributed by atoms with van der Waals surface area (Å²) in [6, 6.07) is 1.82. The van der Waals surface area contributed by atoms with E-state index in [4.69, 9.17) is 0 Å². The molecule has 1 aromatic heterocycles. The molecule has 0 aliphatic carbocycles. The standard InChI is InChI=1S/C6H4Br2O2S.C2H6/c1-10-6(9)5-3(7)2-4(8)11-5;1-2/h2H,1H3;1-2H3. The smallest absolute Gasteiger partial charge is 0.349 e. The van der Waals surface area contributed by atoms with Crippen LogP contribution in [0.2, 0.25) is 0 Å². The van der Waals surface area contributed by atoms with Crippen molar-refractivity contribution in [1.82, 2.24) is 0 Å². The summed E-state index contributed by atoms with van der Waals surface area (Å²) >= 11 is 7.84. The monoisotopic (exact) mass is 328 g/mol. The summed E-state index contributed by atoms with van der Waals surface area (Å²) in [5.41, 5.74) is 0. The summed E-state index contributed by atoms with van der Waals surface area (Å²) in [5, 5.41) is 0. The van der Waals surface area contributed by atoms with Gasteiger partial charge in [-0.1, -0.05) is 13.8 Å². The van der Waals surface area contributed by atoms with Gasteiger partial charge in [0.1, 0.15) is 4.88 Å². The average Bonchev–Trinajstić information content (AvgIpc) is 2.47. The molecule has 0 saturated carbocycles. The number of carbonyl (C=O) groups is 1. The zero-order chi connectivity index (χ0) is 10.4. The van der Waals surface area contributed by atoms with E-state index in [0.29, 0.717) is 4.88 Å². The second-order valence-corrected chi connectivity index (χ2v) is 5.00. The fourth-order valence-electron chi connectivity index (χ4n) is 0.573. The van der Waals surface area contributed by atoms with Gasteiger partial charge in [0.2, 0.25) is 0 Å². The van der Waals surface area contributed by atoms with Gasteiger partial charge in [0.25, 0.3) is 0 Å². The zero-order valence-corrected chi connectivity index (χ0v) is 11.5. The van der Waals surface area contributed by atoms with Gasteiger partial charge in [0, 0.05) is 4.47 Å². The first-order valence-electron chi connectivity index (χ1n) is 3.68. The predicted octanol–water partition coefficient (Wildman–Crippen LogP) is 4.09. The molecule has 1 heterocycles. The summed E-state index contributed by atoms with van der Waals surface area (Å²) in [4.78, 5) is 11.6. The van der Waals surface area contributed by atoms with Gasteiger partial charge in [-0.25, -0.2) is 4.79 Å². The second-order valence-electron chi connectivity index (χ2n) is 1.72. The number of rotatable bonds is 1. The summed E-state index contributed by atoms with van der Waals surface area (Å²) in [6.07, 6.45) is 0. The Labute approximate surface area is 98.5 Å². The highest BCUT2D eigenvalue weighted by Crippen LogP contribution is 2.31. The molecule has 0 radical (unpaired) electrons. The minimum atomic E-state index is -0.312. The SMILES string of the molecule is CC.COC(=O)c1sc(Br)cc1Br. The number of hydrogen-bond donors (Lipinski definition) is 0. The molecule has 0 saturated heterocycles. The van der Waals surface area contributed by atoms with Crippen LogP contribution >= 0.6 is 43.2 Å². The lowest BCUT2D eigenvalue weighted by Crippen LogP contribution is -1.97. The first-order valence-corrected chi connectivity index (χ1v) is 6.08. The maximum Gasteiger partial charge on any atom is 0.349 e. The molecule has 0 aromatic carbocycles. The average molecular weight is 330 g/mol. The van der Waals surface area contributed by atoms with Gasteiger partial charge >= 0.3 is 5.97 Å². The lowest BCUT2D eigenvalue weighted by atomic mass is 10.5. The first kappa shape index (κ1) is 13.1. The van der Waals surface area contributed by atoms with E-state index >= 15 is 0 Å². The van der Waals surface area contributed by atoms with Crippen LogP contribution in [0.4, 0.5) is 0 Å². The van der Waals surface area contributed by atoms with Crippen LogP contribution in [-0.2, 0) is 4.74 Å². The lowest BCUT2D eigenvalue weighted by Gasteiger charge is -1.93. The molecular weight excluding hydrogens is 320 g/mol. The molecule has 0 N–H and O–H groups in total. The van der Waals surface area contributed by atoms with Crippen molar-refractivity contribution in [1.29, 1.82) is 0 Å². The Morgan fingerprint density at radius 1 is 1.46 bits per heavy atom. The van der Waals surface area contributed by atoms with Gasteiger partial charge in [-0.15, -0.1) is 11.3 Å². The van der Waals surface area contributed by atoms with Crippen molar-refractivity contribution >= 4 is 49.2 Å². The molecule has 0 spiro atoms. The summed E-state index contributed by atoms with van der Waals surface area (Å²) in [7, 11) is 1.36. The van der Waals surface area contributed by atoms with E-state index in [0.717, 1.165) is 8.26 Å². The third-order valence-electron chi connectivity index (χ3n) is 1.03. The highest BCUT2D eigenvalue weighted by atomic mass is 79.9. The molecule has 1 aromatic rings. The van der Waals surface area contributed by atoms with Crippen molar-refractivity contribution in [3.8, 4) is 0 Å². The van der Waals surface area contributed by atoms with E-state index in [1.165, 1.54) is 18.4 Å². The van der Waals surface area contributed by atoms with Gasteiger partial charge in [0.15, 0.2) is 0 Å². The van der Waals surface area contributed by atoms with Crippen molar-refractivity contribution in [2.45, 2.75) is 13.8 Å². The molecule has 0 unspecified atom stereocenters. The number of methoxy groups -OCH3 is 1. The van der Waals surface area contributed by atoms with Gasteiger partial charge < -0.3 is 4.74 Å². The number of halogens is 2. The molecule has 0 fully saturated rings. The first-order chi connectivity index (χ1) is 6.15. The second kappa shape index (κ2) is 6.56. The molecule has 0 bridgehead atoms. The fraction of sp³-hybridized carbons (Fsp3) is 0.375. The van der Waals surface area contributed by atoms with Gasteiger partial charge in [0.05, 0.1) is 10.9 Å². The maximum absolute atomic E-state index is 11.0. The zero-order valence-electron chi connectivity index (χ0n) is 7.56. The largest absolute Gasteiger partial charge is 0.465 e. The Kier molecular flexibility index (Phi) is 6.63. The summed E-state index contributed by atoms with van der Waals surface area (Å²) in [5.74, 6) is -0.312. The molecule has 0 aliphatic heterocycles. The van der Waals surface area contributed by atoms with Crippen molar-refractivity contribution in [2.75, 3.05) is 7.11 Å². The molecule has 74 valence electrons. The van der Waals surface area contributed by atoms with Crippen LogP contribution in [0.15, 0.2) is 14.3 Å². The van der Waals surface area contributed by atoms with Crippen LogP contribution in [0.1, 0.15) is 23.5 Å². The molecule has 0 atom stereocenters. The van der Waals surface area contributed by atoms with Crippen LogP contribution in [-0.4, -0.2) is 13.1 Å². The summed E-state index contributed by atoms with van der Waals surface area (Å²) in [6.45, 7) is 4.00. The predicted molar refractivity (Wildman–Crippen MR) is 62.4 cm³/mol. The van der Waals surface area contributed by atoms with E-state index in [1.54, 1.807) is 0 Å². The third kappa shape index (κ3) is 3.79. The molecule has 13 heavy (non-hydrogen) atoms. The van der Waals surface area contributed by atoms with E-state index in [1.807, 2.05) is 19.9 Å². The number of carbonyl (C=O) groups excluding carboxylic acids is 1. The topological polar surface area (TPSA) is 26.3 Å². The molecular formula is C8H10Br2O2S. The Morgan fingerprint density at radius 3 is 2.31 bits per heavy atom. The van der Waals surface area contributed by atoms with Crippen LogP contribution in [0.3, 0.4) is 0 Å². The van der Waals surface area contributed by atoms with Crippen LogP contribution in [0, 0.1) is 0 Å². The van der Waals surface area contributed by atoms with E-state index < -0.39 is 0 Å². The minimum Gasteiger partial charge on any atom is -0.465 e. The number of thiophene rings is 1.